The van der Waals surface area contributed by atoms with Crippen LogP contribution in [-0.2, 0) is 6.18 Å². The lowest BCUT2D eigenvalue weighted by atomic mass is 10.1. The van der Waals surface area contributed by atoms with Gasteiger partial charge in [0.25, 0.3) is 5.91 Å². The third-order valence-corrected chi connectivity index (χ3v) is 3.19. The summed E-state index contributed by atoms with van der Waals surface area (Å²) < 4.78 is 56.6. The largest absolute Gasteiger partial charge is 0.496 e. The zero-order valence-electron chi connectivity index (χ0n) is 11.7. The lowest BCUT2D eigenvalue weighted by molar-refractivity contribution is -0.137. The summed E-state index contributed by atoms with van der Waals surface area (Å²) in [6.07, 6.45) is -4.65. The van der Waals surface area contributed by atoms with Gasteiger partial charge in [-0.15, -0.1) is 0 Å². The molecule has 0 saturated carbocycles. The van der Waals surface area contributed by atoms with Crippen molar-refractivity contribution in [2.24, 2.45) is 0 Å². The second kappa shape index (κ2) is 6.45. The molecule has 2 aromatic carbocycles. The number of carbonyl (C=O) groups excluding carboxylic acids is 1. The van der Waals surface area contributed by atoms with Crippen LogP contribution in [0.4, 0.5) is 23.2 Å². The molecule has 0 saturated heterocycles. The van der Waals surface area contributed by atoms with Gasteiger partial charge in [-0.2, -0.15) is 13.2 Å². The Bertz CT molecular complexity index is 747. The number of hydrogen-bond acceptors (Lipinski definition) is 2. The quantitative estimate of drug-likeness (QED) is 0.813. The van der Waals surface area contributed by atoms with E-state index in [1.54, 1.807) is 0 Å². The van der Waals surface area contributed by atoms with E-state index in [4.69, 9.17) is 16.3 Å². The first kappa shape index (κ1) is 17.1. The van der Waals surface area contributed by atoms with Gasteiger partial charge in [-0.25, -0.2) is 4.39 Å². The van der Waals surface area contributed by atoms with E-state index in [0.29, 0.717) is 23.2 Å². The molecule has 122 valence electrons. The number of benzene rings is 2. The second-order valence-corrected chi connectivity index (χ2v) is 4.93. The number of amides is 1. The Balaban J connectivity index is 2.34. The van der Waals surface area contributed by atoms with Crippen LogP contribution in [-0.4, -0.2) is 13.0 Å². The molecule has 8 heteroatoms. The summed E-state index contributed by atoms with van der Waals surface area (Å²) in [6, 6.07) is 5.84. The number of hydrogen-bond donors (Lipinski definition) is 1. The first-order chi connectivity index (χ1) is 10.7. The van der Waals surface area contributed by atoms with Crippen molar-refractivity contribution < 1.29 is 27.1 Å². The van der Waals surface area contributed by atoms with E-state index in [1.807, 2.05) is 0 Å². The van der Waals surface area contributed by atoms with Gasteiger partial charge >= 0.3 is 6.18 Å². The molecule has 2 aromatic rings. The predicted molar refractivity (Wildman–Crippen MR) is 77.4 cm³/mol. The van der Waals surface area contributed by atoms with E-state index in [2.05, 4.69) is 5.32 Å². The number of rotatable bonds is 3. The Morgan fingerprint density at radius 2 is 1.87 bits per heavy atom. The van der Waals surface area contributed by atoms with E-state index in [0.717, 1.165) is 0 Å². The molecule has 1 N–H and O–H groups in total. The predicted octanol–water partition coefficient (Wildman–Crippen LogP) is 4.76. The SMILES string of the molecule is COc1cc(Cl)ccc1C(=O)Nc1cc(C(F)(F)F)ccc1F. The molecule has 0 aliphatic rings. The fraction of sp³-hybridized carbons (Fsp3) is 0.133. The number of halogens is 5. The van der Waals surface area contributed by atoms with Gasteiger partial charge in [0.15, 0.2) is 0 Å². The van der Waals surface area contributed by atoms with Crippen LogP contribution in [0.5, 0.6) is 5.75 Å². The molecule has 0 aliphatic heterocycles. The highest BCUT2D eigenvalue weighted by Crippen LogP contribution is 2.32. The Kier molecular flexibility index (Phi) is 4.79. The minimum Gasteiger partial charge on any atom is -0.496 e. The highest BCUT2D eigenvalue weighted by Gasteiger charge is 2.31. The summed E-state index contributed by atoms with van der Waals surface area (Å²) in [5, 5.41) is 2.41. The minimum atomic E-state index is -4.65. The zero-order chi connectivity index (χ0) is 17.2. The van der Waals surface area contributed by atoms with E-state index in [-0.39, 0.29) is 11.3 Å². The Hall–Kier alpha value is -2.28. The molecule has 0 heterocycles. The molecule has 0 atom stereocenters. The normalized spacial score (nSPS) is 11.2. The number of alkyl halides is 3. The monoisotopic (exact) mass is 347 g/mol. The molecule has 0 aliphatic carbocycles. The average Bonchev–Trinajstić information content (AvgIpc) is 2.48. The third kappa shape index (κ3) is 3.92. The molecule has 1 amide bonds. The van der Waals surface area contributed by atoms with Gasteiger partial charge in [-0.3, -0.25) is 4.79 Å². The maximum Gasteiger partial charge on any atom is 0.416 e. The molecule has 0 radical (unpaired) electrons. The van der Waals surface area contributed by atoms with E-state index >= 15 is 0 Å². The van der Waals surface area contributed by atoms with Crippen LogP contribution in [0.25, 0.3) is 0 Å². The minimum absolute atomic E-state index is 0.00807. The summed E-state index contributed by atoms with van der Waals surface area (Å²) in [4.78, 5) is 12.1. The standard InChI is InChI=1S/C15H10ClF4NO2/c1-23-13-7-9(16)3-4-10(13)14(22)21-12-6-8(15(18,19)20)2-5-11(12)17/h2-7H,1H3,(H,21,22). The first-order valence-electron chi connectivity index (χ1n) is 6.24. The van der Waals surface area contributed by atoms with Crippen molar-refractivity contribution in [3.05, 3.63) is 58.4 Å². The van der Waals surface area contributed by atoms with Crippen LogP contribution >= 0.6 is 11.6 Å². The molecule has 0 aromatic heterocycles. The van der Waals surface area contributed by atoms with Crippen LogP contribution in [0.1, 0.15) is 15.9 Å². The van der Waals surface area contributed by atoms with Gasteiger partial charge in [-0.05, 0) is 36.4 Å². The van der Waals surface area contributed by atoms with Gasteiger partial charge in [-0.1, -0.05) is 11.6 Å². The van der Waals surface area contributed by atoms with Gasteiger partial charge < -0.3 is 10.1 Å². The summed E-state index contributed by atoms with van der Waals surface area (Å²) in [5.41, 5.74) is -1.65. The van der Waals surface area contributed by atoms with Gasteiger partial charge in [0.1, 0.15) is 11.6 Å². The highest BCUT2D eigenvalue weighted by atomic mass is 35.5. The fourth-order valence-electron chi connectivity index (χ4n) is 1.84. The van der Waals surface area contributed by atoms with Crippen molar-refractivity contribution in [1.29, 1.82) is 0 Å². The van der Waals surface area contributed by atoms with Crippen molar-refractivity contribution >= 4 is 23.2 Å². The number of ether oxygens (including phenoxy) is 1. The van der Waals surface area contributed by atoms with Crippen molar-refractivity contribution in [3.8, 4) is 5.75 Å². The van der Waals surface area contributed by atoms with Gasteiger partial charge in [0.2, 0.25) is 0 Å². The Morgan fingerprint density at radius 1 is 1.17 bits per heavy atom. The average molecular weight is 348 g/mol. The van der Waals surface area contributed by atoms with Crippen molar-refractivity contribution in [2.75, 3.05) is 12.4 Å². The van der Waals surface area contributed by atoms with E-state index < -0.39 is 29.2 Å². The Labute approximate surface area is 133 Å². The maximum atomic E-state index is 13.6. The van der Waals surface area contributed by atoms with Crippen LogP contribution in [0.2, 0.25) is 5.02 Å². The molecule has 2 rings (SSSR count). The number of anilines is 1. The van der Waals surface area contributed by atoms with E-state index in [1.165, 1.54) is 25.3 Å². The number of carbonyl (C=O) groups is 1. The third-order valence-electron chi connectivity index (χ3n) is 2.95. The van der Waals surface area contributed by atoms with Gasteiger partial charge in [0, 0.05) is 5.02 Å². The molecule has 23 heavy (non-hydrogen) atoms. The number of nitrogens with one attached hydrogen (secondary N) is 1. The molecule has 3 nitrogen and oxygen atoms in total. The molecule has 0 spiro atoms. The highest BCUT2D eigenvalue weighted by molar-refractivity contribution is 6.31. The summed E-state index contributed by atoms with van der Waals surface area (Å²) in [5.74, 6) is -1.70. The van der Waals surface area contributed by atoms with Crippen LogP contribution in [0.3, 0.4) is 0 Å². The lowest BCUT2D eigenvalue weighted by Gasteiger charge is -2.12. The smallest absolute Gasteiger partial charge is 0.416 e. The Morgan fingerprint density at radius 3 is 2.48 bits per heavy atom. The topological polar surface area (TPSA) is 38.3 Å². The van der Waals surface area contributed by atoms with E-state index in [9.17, 15) is 22.4 Å². The van der Waals surface area contributed by atoms with Crippen molar-refractivity contribution in [3.63, 3.8) is 0 Å². The van der Waals surface area contributed by atoms with Gasteiger partial charge in [0.05, 0.1) is 23.9 Å². The number of methoxy groups -OCH3 is 1. The molecular formula is C15H10ClF4NO2. The van der Waals surface area contributed by atoms with Crippen LogP contribution in [0.15, 0.2) is 36.4 Å². The lowest BCUT2D eigenvalue weighted by Crippen LogP contribution is -2.15. The first-order valence-corrected chi connectivity index (χ1v) is 6.62. The fourth-order valence-corrected chi connectivity index (χ4v) is 2.00. The second-order valence-electron chi connectivity index (χ2n) is 4.49. The van der Waals surface area contributed by atoms with Crippen molar-refractivity contribution in [2.45, 2.75) is 6.18 Å². The summed E-state index contributed by atoms with van der Waals surface area (Å²) in [6.45, 7) is 0. The summed E-state index contributed by atoms with van der Waals surface area (Å²) >= 11 is 5.76. The van der Waals surface area contributed by atoms with Crippen molar-refractivity contribution in [1.82, 2.24) is 0 Å². The van der Waals surface area contributed by atoms with Crippen LogP contribution < -0.4 is 10.1 Å². The zero-order valence-corrected chi connectivity index (χ0v) is 12.4. The molecule has 0 bridgehead atoms. The molecular weight excluding hydrogens is 338 g/mol. The summed E-state index contributed by atoms with van der Waals surface area (Å²) in [7, 11) is 1.30. The molecule has 0 fully saturated rings. The maximum absolute atomic E-state index is 13.6. The molecule has 0 unspecified atom stereocenters. The van der Waals surface area contributed by atoms with Crippen LogP contribution in [0, 0.1) is 5.82 Å².